The number of fused-ring (bicyclic) bond motifs is 5. The summed E-state index contributed by atoms with van der Waals surface area (Å²) in [6.07, 6.45) is 8.66. The second kappa shape index (κ2) is 15.0. The van der Waals surface area contributed by atoms with Crippen LogP contribution < -0.4 is 5.73 Å². The first kappa shape index (κ1) is 41.6. The third-order valence-electron chi connectivity index (χ3n) is 15.7. The third-order valence-corrected chi connectivity index (χ3v) is 16.0. The average molecular weight is 777 g/mol. The zero-order valence-electron chi connectivity index (χ0n) is 34.8. The van der Waals surface area contributed by atoms with Crippen molar-refractivity contribution >= 4 is 29.3 Å². The number of carbonyl (C=O) groups is 3. The fraction of sp³-hybridized carbons (Fsp3) is 0.711. The molecule has 3 fully saturated rings. The van der Waals surface area contributed by atoms with Gasteiger partial charge in [0.1, 0.15) is 11.9 Å². The molecule has 4 aliphatic carbocycles. The third kappa shape index (κ3) is 6.81. The molecule has 3 N–H and O–H groups in total. The number of rotatable bonds is 13. The highest BCUT2D eigenvalue weighted by Crippen LogP contribution is 2.74. The maximum atomic E-state index is 14.4. The Morgan fingerprint density at radius 3 is 2.36 bits per heavy atom. The Hall–Kier alpha value is -3.04. The van der Waals surface area contributed by atoms with E-state index in [0.717, 1.165) is 74.2 Å². The number of Topliss-reactive ketones (excluding diaryl/α,β-unsaturated/α-hetero) is 1. The lowest BCUT2D eigenvalue weighted by Gasteiger charge is -2.69. The first-order valence-electron chi connectivity index (χ1n) is 20.9. The molecule has 0 amide bonds. The second-order valence-corrected chi connectivity index (χ2v) is 19.8. The fourth-order valence-electron chi connectivity index (χ4n) is 12.1. The minimum Gasteiger partial charge on any atom is -0.481 e. The molecule has 1 aromatic carbocycles. The van der Waals surface area contributed by atoms with Gasteiger partial charge in [0.05, 0.1) is 17.3 Å². The van der Waals surface area contributed by atoms with Crippen molar-refractivity contribution in [1.29, 1.82) is 0 Å². The molecule has 1 heterocycles. The van der Waals surface area contributed by atoms with Gasteiger partial charge in [-0.2, -0.15) is 0 Å². The molecule has 0 unspecified atom stereocenters. The number of carbonyl (C=O) groups excluding carboxylic acids is 2. The van der Waals surface area contributed by atoms with Crippen molar-refractivity contribution in [3.8, 4) is 11.4 Å². The van der Waals surface area contributed by atoms with Crippen molar-refractivity contribution in [2.75, 3.05) is 6.54 Å². The minimum absolute atomic E-state index is 0.0301. The van der Waals surface area contributed by atoms with Crippen LogP contribution in [0.2, 0.25) is 5.02 Å². The first-order valence-corrected chi connectivity index (χ1v) is 21.3. The molecule has 1 aromatic heterocycles. The van der Waals surface area contributed by atoms with E-state index in [0.29, 0.717) is 42.8 Å². The number of allylic oxidation sites excluding steroid dienone is 2. The van der Waals surface area contributed by atoms with Crippen LogP contribution in [-0.2, 0) is 31.1 Å². The highest BCUT2D eigenvalue weighted by atomic mass is 35.5. The summed E-state index contributed by atoms with van der Waals surface area (Å²) in [5.41, 5.74) is 7.90. The number of carboxylic acid groups (broad SMARTS) is 1. The normalized spacial score (nSPS) is 32.6. The van der Waals surface area contributed by atoms with E-state index in [1.807, 2.05) is 31.2 Å². The molecule has 3 saturated carbocycles. The van der Waals surface area contributed by atoms with Crippen molar-refractivity contribution < 1.29 is 24.2 Å². The quantitative estimate of drug-likeness (QED) is 0.192. The van der Waals surface area contributed by atoms with Gasteiger partial charge in [-0.3, -0.25) is 14.4 Å². The van der Waals surface area contributed by atoms with Gasteiger partial charge in [0.25, 0.3) is 0 Å². The van der Waals surface area contributed by atoms with Crippen LogP contribution >= 0.6 is 11.6 Å². The predicted octanol–water partition coefficient (Wildman–Crippen LogP) is 9.59. The van der Waals surface area contributed by atoms with Gasteiger partial charge in [0, 0.05) is 30.1 Å². The number of nitrogens with two attached hydrogens (primary N) is 1. The van der Waals surface area contributed by atoms with Gasteiger partial charge in [-0.15, -0.1) is 10.2 Å². The van der Waals surface area contributed by atoms with Crippen LogP contribution in [-0.4, -0.2) is 50.2 Å². The number of carboxylic acids is 1. The zero-order chi connectivity index (χ0) is 40.3. The number of hydrogen-bond donors (Lipinski definition) is 2. The number of esters is 1. The van der Waals surface area contributed by atoms with E-state index in [1.54, 1.807) is 13.8 Å². The topological polar surface area (TPSA) is 137 Å². The van der Waals surface area contributed by atoms with Crippen molar-refractivity contribution in [3.05, 3.63) is 46.3 Å². The van der Waals surface area contributed by atoms with Crippen LogP contribution in [0.1, 0.15) is 139 Å². The standard InChI is InChI=1S/C45H65ClN4O5/c1-10-31(55-35(52)26-41(5,6)40(53)54)18-19-42(7)28(4)17-20-44(9)34(42)16-15-32-37-36(27(2)3)33(51)25-45(37,22-21-43(32,44)8)39-49-48-38(50(39)24-23-47)29-11-13-30(46)14-12-29/h11-14,27-28,31-32,34H,10,15-26,47H2,1-9H3,(H,53,54)/t28-,31-,32-,34-,42+,43-,44-,45-/m1/s1. The van der Waals surface area contributed by atoms with E-state index in [1.165, 1.54) is 5.57 Å². The summed E-state index contributed by atoms with van der Waals surface area (Å²) in [6, 6.07) is 7.70. The predicted molar refractivity (Wildman–Crippen MR) is 216 cm³/mol. The summed E-state index contributed by atoms with van der Waals surface area (Å²) in [6.45, 7) is 20.6. The van der Waals surface area contributed by atoms with Gasteiger partial charge >= 0.3 is 11.9 Å². The molecular formula is C45H65ClN4O5. The molecule has 0 saturated heterocycles. The number of hydrogen-bond acceptors (Lipinski definition) is 7. The van der Waals surface area contributed by atoms with Gasteiger partial charge in [-0.25, -0.2) is 0 Å². The van der Waals surface area contributed by atoms with E-state index in [9.17, 15) is 19.5 Å². The van der Waals surface area contributed by atoms with E-state index in [4.69, 9.17) is 32.3 Å². The first-order chi connectivity index (χ1) is 25.8. The number of benzene rings is 1. The molecule has 0 aliphatic heterocycles. The second-order valence-electron chi connectivity index (χ2n) is 19.3. The molecule has 55 heavy (non-hydrogen) atoms. The summed E-state index contributed by atoms with van der Waals surface area (Å²) in [7, 11) is 0. The molecule has 6 rings (SSSR count). The van der Waals surface area contributed by atoms with Crippen LogP contribution in [0.15, 0.2) is 35.4 Å². The number of aliphatic carboxylic acids is 1. The maximum absolute atomic E-state index is 14.4. The molecule has 10 heteroatoms. The highest BCUT2D eigenvalue weighted by molar-refractivity contribution is 6.30. The molecule has 9 nitrogen and oxygen atoms in total. The van der Waals surface area contributed by atoms with Gasteiger partial charge in [-0.1, -0.05) is 60.1 Å². The monoisotopic (exact) mass is 776 g/mol. The van der Waals surface area contributed by atoms with E-state index < -0.39 is 22.8 Å². The van der Waals surface area contributed by atoms with E-state index in [2.05, 4.69) is 46.1 Å². The smallest absolute Gasteiger partial charge is 0.309 e. The summed E-state index contributed by atoms with van der Waals surface area (Å²) in [5, 5.41) is 20.0. The number of ether oxygens (including phenoxy) is 1. The Morgan fingerprint density at radius 1 is 1.05 bits per heavy atom. The molecular weight excluding hydrogens is 712 g/mol. The molecule has 2 aromatic rings. The van der Waals surface area contributed by atoms with Crippen molar-refractivity contribution in [2.24, 2.45) is 51.1 Å². The van der Waals surface area contributed by atoms with Crippen LogP contribution in [0.3, 0.4) is 0 Å². The zero-order valence-corrected chi connectivity index (χ0v) is 35.5. The van der Waals surface area contributed by atoms with Crippen LogP contribution in [0.5, 0.6) is 0 Å². The Labute approximate surface area is 333 Å². The molecule has 0 bridgehead atoms. The lowest BCUT2D eigenvalue weighted by atomic mass is 9.35. The SMILES string of the molecule is CC[C@H](CC[C@@]1(C)[C@H](C)CC[C@]2(C)[C@@H]1CC[C@@H]1C3=C(C(C)C)C(=O)C[C@]3(c3nnc(-c4ccc(Cl)cc4)n3CCN)CC[C@]12C)OC(=O)CC(C)(C)C(=O)O. The van der Waals surface area contributed by atoms with Crippen LogP contribution in [0, 0.1) is 45.3 Å². The average Bonchev–Trinajstić information content (AvgIpc) is 3.68. The Kier molecular flexibility index (Phi) is 11.4. The molecule has 0 radical (unpaired) electrons. The van der Waals surface area contributed by atoms with E-state index in [-0.39, 0.29) is 46.4 Å². The molecule has 302 valence electrons. The van der Waals surface area contributed by atoms with Gasteiger partial charge < -0.3 is 20.1 Å². The van der Waals surface area contributed by atoms with Crippen molar-refractivity contribution in [2.45, 2.75) is 151 Å². The number of halogens is 1. The maximum Gasteiger partial charge on any atom is 0.309 e. The minimum atomic E-state index is -1.17. The summed E-state index contributed by atoms with van der Waals surface area (Å²) < 4.78 is 8.15. The fourth-order valence-corrected chi connectivity index (χ4v) is 12.3. The Morgan fingerprint density at radius 2 is 1.75 bits per heavy atom. The highest BCUT2D eigenvalue weighted by Gasteiger charge is 2.68. The van der Waals surface area contributed by atoms with Gasteiger partial charge in [0.2, 0.25) is 0 Å². The Bertz CT molecular complexity index is 1830. The molecule has 8 atom stereocenters. The van der Waals surface area contributed by atoms with E-state index >= 15 is 0 Å². The lowest BCUT2D eigenvalue weighted by molar-refractivity contribution is -0.184. The lowest BCUT2D eigenvalue weighted by Crippen LogP contribution is -2.62. The summed E-state index contributed by atoms with van der Waals surface area (Å²) >= 11 is 6.27. The van der Waals surface area contributed by atoms with Crippen LogP contribution in [0.25, 0.3) is 11.4 Å². The molecule has 4 aliphatic rings. The van der Waals surface area contributed by atoms with Crippen molar-refractivity contribution in [3.63, 3.8) is 0 Å². The van der Waals surface area contributed by atoms with Gasteiger partial charge in [0.15, 0.2) is 11.6 Å². The largest absolute Gasteiger partial charge is 0.481 e. The Balaban J connectivity index is 1.35. The summed E-state index contributed by atoms with van der Waals surface area (Å²) in [4.78, 5) is 39.0. The van der Waals surface area contributed by atoms with Crippen molar-refractivity contribution in [1.82, 2.24) is 14.8 Å². The van der Waals surface area contributed by atoms with Gasteiger partial charge in [-0.05, 0) is 147 Å². The molecule has 0 spiro atoms. The van der Waals surface area contributed by atoms with Crippen LogP contribution in [0.4, 0.5) is 0 Å². The number of nitrogens with zero attached hydrogens (tertiary/aromatic N) is 3. The number of ketones is 1. The number of aromatic nitrogens is 3. The summed E-state index contributed by atoms with van der Waals surface area (Å²) in [5.74, 6) is 1.78.